The van der Waals surface area contributed by atoms with Gasteiger partial charge >= 0.3 is 6.09 Å². The molecule has 11 nitrogen and oxygen atoms in total. The van der Waals surface area contributed by atoms with Gasteiger partial charge in [0.25, 0.3) is 0 Å². The normalized spacial score (nSPS) is 13.8. The van der Waals surface area contributed by atoms with Crippen LogP contribution in [0.1, 0.15) is 18.3 Å². The van der Waals surface area contributed by atoms with Crippen LogP contribution >= 0.6 is 12.2 Å². The molecule has 188 valence electrons. The van der Waals surface area contributed by atoms with Crippen LogP contribution in [0.4, 0.5) is 16.4 Å². The monoisotopic (exact) mass is 501 g/mol. The van der Waals surface area contributed by atoms with Crippen LogP contribution in [0.15, 0.2) is 29.3 Å². The van der Waals surface area contributed by atoms with Gasteiger partial charge in [0.15, 0.2) is 0 Å². The van der Waals surface area contributed by atoms with Gasteiger partial charge in [-0.25, -0.2) is 14.8 Å². The van der Waals surface area contributed by atoms with Gasteiger partial charge in [-0.05, 0) is 51.2 Å². The Kier molecular flexibility index (Phi) is 9.01. The molecular formula is C23H31N7O4S. The highest BCUT2D eigenvalue weighted by Crippen LogP contribution is 2.29. The zero-order chi connectivity index (χ0) is 25.4. The Hall–Kier alpha value is -3.67. The van der Waals surface area contributed by atoms with Gasteiger partial charge in [-0.15, -0.1) is 0 Å². The summed E-state index contributed by atoms with van der Waals surface area (Å²) in [5, 5.41) is 6.51. The first-order chi connectivity index (χ1) is 16.8. The van der Waals surface area contributed by atoms with Crippen molar-refractivity contribution in [2.75, 3.05) is 57.6 Å². The first-order valence-corrected chi connectivity index (χ1v) is 11.6. The molecule has 0 unspecified atom stereocenters. The topological polar surface area (TPSA) is 113 Å². The van der Waals surface area contributed by atoms with Gasteiger partial charge in [-0.2, -0.15) is 4.99 Å². The third kappa shape index (κ3) is 7.15. The van der Waals surface area contributed by atoms with E-state index < -0.39 is 0 Å². The van der Waals surface area contributed by atoms with Crippen molar-refractivity contribution in [3.8, 4) is 11.5 Å². The van der Waals surface area contributed by atoms with E-state index in [1.54, 1.807) is 44.2 Å². The van der Waals surface area contributed by atoms with Crippen LogP contribution < -0.4 is 20.1 Å². The number of anilines is 2. The molecule has 1 aliphatic heterocycles. The SMILES string of the molecule is CCOC(=O)N1CCN(/C(=N/C(=S)Nc2cc(OC)ccc2OC)Nc2nc(C)cc(C)n2)CC1. The van der Waals surface area contributed by atoms with E-state index in [2.05, 4.69) is 25.6 Å². The van der Waals surface area contributed by atoms with Crippen LogP contribution in [-0.4, -0.2) is 83.9 Å². The van der Waals surface area contributed by atoms with Crippen LogP contribution in [0.5, 0.6) is 11.5 Å². The number of carbonyl (C=O) groups excluding carboxylic acids is 1. The minimum absolute atomic E-state index is 0.205. The zero-order valence-electron chi connectivity index (χ0n) is 20.6. The Morgan fingerprint density at radius 2 is 1.69 bits per heavy atom. The second-order valence-corrected chi connectivity index (χ2v) is 8.09. The van der Waals surface area contributed by atoms with Gasteiger partial charge in [-0.1, -0.05) is 0 Å². The molecule has 0 bridgehead atoms. The average molecular weight is 502 g/mol. The fraction of sp³-hybridized carbons (Fsp3) is 0.435. The maximum atomic E-state index is 12.1. The van der Waals surface area contributed by atoms with Crippen molar-refractivity contribution in [2.24, 2.45) is 4.99 Å². The summed E-state index contributed by atoms with van der Waals surface area (Å²) in [5.41, 5.74) is 2.27. The summed E-state index contributed by atoms with van der Waals surface area (Å²) in [4.78, 5) is 29.3. The van der Waals surface area contributed by atoms with Gasteiger partial charge in [0.1, 0.15) is 11.5 Å². The first kappa shape index (κ1) is 25.9. The van der Waals surface area contributed by atoms with Crippen LogP contribution in [0.25, 0.3) is 0 Å². The maximum Gasteiger partial charge on any atom is 0.409 e. The standard InChI is InChI=1S/C23H31N7O4S/c1-6-34-23(31)30-11-9-29(10-12-30)21(27-20-24-15(2)13-16(3)25-20)28-22(35)26-18-14-17(32-4)7-8-19(18)33-5/h7-8,13-14H,6,9-12H2,1-5H3,(H2,24,25,26,27,28,35). The molecule has 0 atom stereocenters. The lowest BCUT2D eigenvalue weighted by atomic mass is 10.2. The van der Waals surface area contributed by atoms with Crippen molar-refractivity contribution in [2.45, 2.75) is 20.8 Å². The summed E-state index contributed by atoms with van der Waals surface area (Å²) in [7, 11) is 3.16. The van der Waals surface area contributed by atoms with E-state index in [9.17, 15) is 4.79 Å². The number of piperazine rings is 1. The summed E-state index contributed by atoms with van der Waals surface area (Å²) in [5.74, 6) is 2.13. The number of hydrogen-bond acceptors (Lipinski definition) is 7. The molecule has 2 aromatic rings. The van der Waals surface area contributed by atoms with Crippen LogP contribution in [0.2, 0.25) is 0 Å². The molecule has 1 aromatic carbocycles. The number of rotatable bonds is 5. The smallest absolute Gasteiger partial charge is 0.409 e. The molecule has 1 aromatic heterocycles. The number of methoxy groups -OCH3 is 2. The van der Waals surface area contributed by atoms with Gasteiger partial charge in [-0.3, -0.25) is 5.32 Å². The number of guanidine groups is 1. The highest BCUT2D eigenvalue weighted by Gasteiger charge is 2.25. The molecule has 12 heteroatoms. The molecule has 0 radical (unpaired) electrons. The lowest BCUT2D eigenvalue weighted by Crippen LogP contribution is -2.52. The lowest BCUT2D eigenvalue weighted by molar-refractivity contribution is 0.0920. The molecule has 1 aliphatic rings. The Balaban J connectivity index is 1.83. The van der Waals surface area contributed by atoms with Gasteiger partial charge < -0.3 is 29.3 Å². The fourth-order valence-corrected chi connectivity index (χ4v) is 3.72. The third-order valence-corrected chi connectivity index (χ3v) is 5.36. The number of ether oxygens (including phenoxy) is 3. The quantitative estimate of drug-likeness (QED) is 0.360. The average Bonchev–Trinajstić information content (AvgIpc) is 2.83. The number of thiocarbonyl (C=S) groups is 1. The molecule has 0 spiro atoms. The molecular weight excluding hydrogens is 470 g/mol. The van der Waals surface area contributed by atoms with E-state index in [4.69, 9.17) is 26.4 Å². The second-order valence-electron chi connectivity index (χ2n) is 7.70. The summed E-state index contributed by atoms with van der Waals surface area (Å²) >= 11 is 5.55. The number of hydrogen-bond donors (Lipinski definition) is 2. The molecule has 1 saturated heterocycles. The molecule has 2 heterocycles. The van der Waals surface area contributed by atoms with Crippen molar-refractivity contribution < 1.29 is 19.0 Å². The minimum Gasteiger partial charge on any atom is -0.497 e. The molecule has 0 saturated carbocycles. The Bertz CT molecular complexity index is 1070. The van der Waals surface area contributed by atoms with Gasteiger partial charge in [0, 0.05) is 43.6 Å². The van der Waals surface area contributed by atoms with Crippen molar-refractivity contribution in [3.05, 3.63) is 35.7 Å². The summed E-state index contributed by atoms with van der Waals surface area (Å²) in [6.07, 6.45) is -0.321. The molecule has 3 rings (SSSR count). The third-order valence-electron chi connectivity index (χ3n) is 5.17. The number of nitrogens with one attached hydrogen (secondary N) is 2. The van der Waals surface area contributed by atoms with Crippen molar-refractivity contribution in [1.82, 2.24) is 19.8 Å². The molecule has 1 amide bonds. The number of benzene rings is 1. The Labute approximate surface area is 210 Å². The second kappa shape index (κ2) is 12.2. The van der Waals surface area contributed by atoms with Gasteiger partial charge in [0.05, 0.1) is 26.5 Å². The number of aliphatic imine (C=N–C) groups is 1. The molecule has 1 fully saturated rings. The number of amides is 1. The van der Waals surface area contributed by atoms with E-state index >= 15 is 0 Å². The van der Waals surface area contributed by atoms with E-state index in [1.165, 1.54) is 0 Å². The fourth-order valence-electron chi connectivity index (χ4n) is 3.53. The van der Waals surface area contributed by atoms with Crippen molar-refractivity contribution >= 4 is 41.0 Å². The summed E-state index contributed by atoms with van der Waals surface area (Å²) in [6.45, 7) is 7.95. The largest absolute Gasteiger partial charge is 0.497 e. The van der Waals surface area contributed by atoms with Gasteiger partial charge in [0.2, 0.25) is 17.0 Å². The van der Waals surface area contributed by atoms with Crippen molar-refractivity contribution in [3.63, 3.8) is 0 Å². The van der Waals surface area contributed by atoms with Crippen LogP contribution in [-0.2, 0) is 4.74 Å². The molecule has 0 aliphatic carbocycles. The van der Waals surface area contributed by atoms with Crippen LogP contribution in [0.3, 0.4) is 0 Å². The summed E-state index contributed by atoms with van der Waals surface area (Å²) in [6, 6.07) is 7.24. The summed E-state index contributed by atoms with van der Waals surface area (Å²) < 4.78 is 15.8. The zero-order valence-corrected chi connectivity index (χ0v) is 21.4. The minimum atomic E-state index is -0.321. The lowest BCUT2D eigenvalue weighted by Gasteiger charge is -2.35. The van der Waals surface area contributed by atoms with E-state index in [0.717, 1.165) is 11.4 Å². The number of nitrogens with zero attached hydrogens (tertiary/aromatic N) is 5. The maximum absolute atomic E-state index is 12.1. The predicted octanol–water partition coefficient (Wildman–Crippen LogP) is 3.05. The number of carbonyl (C=O) groups is 1. The highest BCUT2D eigenvalue weighted by molar-refractivity contribution is 7.80. The predicted molar refractivity (Wildman–Crippen MR) is 138 cm³/mol. The molecule has 2 N–H and O–H groups in total. The van der Waals surface area contributed by atoms with E-state index in [1.807, 2.05) is 24.8 Å². The Morgan fingerprint density at radius 3 is 2.29 bits per heavy atom. The van der Waals surface area contributed by atoms with E-state index in [-0.39, 0.29) is 11.2 Å². The van der Waals surface area contributed by atoms with Crippen molar-refractivity contribution in [1.29, 1.82) is 0 Å². The van der Waals surface area contributed by atoms with Crippen LogP contribution in [0, 0.1) is 13.8 Å². The highest BCUT2D eigenvalue weighted by atomic mass is 32.1. The molecule has 35 heavy (non-hydrogen) atoms. The first-order valence-electron chi connectivity index (χ1n) is 11.2. The Morgan fingerprint density at radius 1 is 1.03 bits per heavy atom. The van der Waals surface area contributed by atoms with E-state index in [0.29, 0.717) is 61.9 Å². The number of aromatic nitrogens is 2. The number of aryl methyl sites for hydroxylation is 2.